The molecule has 0 spiro atoms. The SMILES string of the molecule is CCCNCc1cc(S(=O)(=O)NCC2CCCCS2)cs1. The zero-order valence-corrected chi connectivity index (χ0v) is 14.9. The fraction of sp³-hybridized carbons (Fsp3) is 0.714. The fourth-order valence-corrected chi connectivity index (χ4v) is 5.91. The summed E-state index contributed by atoms with van der Waals surface area (Å²) in [4.78, 5) is 1.47. The number of rotatable bonds is 8. The van der Waals surface area contributed by atoms with Crippen molar-refractivity contribution in [3.05, 3.63) is 16.3 Å². The van der Waals surface area contributed by atoms with Gasteiger partial charge in [0.1, 0.15) is 0 Å². The minimum absolute atomic E-state index is 0.404. The summed E-state index contributed by atoms with van der Waals surface area (Å²) in [5.41, 5.74) is 0. The van der Waals surface area contributed by atoms with E-state index in [4.69, 9.17) is 0 Å². The predicted molar refractivity (Wildman–Crippen MR) is 91.6 cm³/mol. The Balaban J connectivity index is 1.86. The zero-order valence-electron chi connectivity index (χ0n) is 12.4. The summed E-state index contributed by atoms with van der Waals surface area (Å²) in [7, 11) is -3.35. The molecule has 1 atom stereocenters. The van der Waals surface area contributed by atoms with Crippen LogP contribution in [-0.2, 0) is 16.6 Å². The Morgan fingerprint density at radius 3 is 2.95 bits per heavy atom. The van der Waals surface area contributed by atoms with Crippen LogP contribution in [-0.4, -0.2) is 32.5 Å². The molecule has 0 aliphatic carbocycles. The lowest BCUT2D eigenvalue weighted by Gasteiger charge is -2.21. The fourth-order valence-electron chi connectivity index (χ4n) is 2.24. The lowest BCUT2D eigenvalue weighted by atomic mass is 10.2. The number of nitrogens with one attached hydrogen (secondary N) is 2. The minimum atomic E-state index is -3.35. The number of sulfonamides is 1. The molecule has 4 nitrogen and oxygen atoms in total. The second-order valence-corrected chi connectivity index (χ2v) is 9.44. The van der Waals surface area contributed by atoms with Crippen LogP contribution in [0.2, 0.25) is 0 Å². The summed E-state index contributed by atoms with van der Waals surface area (Å²) in [6.45, 7) is 4.36. The first-order valence-corrected chi connectivity index (χ1v) is 10.9. The average Bonchev–Trinajstić information content (AvgIpc) is 2.96. The number of thiophene rings is 1. The lowest BCUT2D eigenvalue weighted by Crippen LogP contribution is -2.31. The summed E-state index contributed by atoms with van der Waals surface area (Å²) < 4.78 is 27.3. The molecule has 1 aliphatic rings. The monoisotopic (exact) mass is 348 g/mol. The first-order valence-electron chi connectivity index (χ1n) is 7.51. The largest absolute Gasteiger partial charge is 0.312 e. The molecular formula is C14H24N2O2S3. The van der Waals surface area contributed by atoms with Gasteiger partial charge in [0.2, 0.25) is 10.0 Å². The van der Waals surface area contributed by atoms with Gasteiger partial charge in [-0.25, -0.2) is 13.1 Å². The van der Waals surface area contributed by atoms with E-state index >= 15 is 0 Å². The molecule has 1 aromatic heterocycles. The lowest BCUT2D eigenvalue weighted by molar-refractivity contribution is 0.574. The van der Waals surface area contributed by atoms with Crippen LogP contribution >= 0.6 is 23.1 Å². The Morgan fingerprint density at radius 1 is 1.38 bits per heavy atom. The van der Waals surface area contributed by atoms with Gasteiger partial charge >= 0.3 is 0 Å². The molecular weight excluding hydrogens is 324 g/mol. The molecule has 1 unspecified atom stereocenters. The minimum Gasteiger partial charge on any atom is -0.312 e. The first kappa shape index (κ1) is 17.3. The van der Waals surface area contributed by atoms with Crippen molar-refractivity contribution in [3.63, 3.8) is 0 Å². The van der Waals surface area contributed by atoms with Crippen LogP contribution in [0.25, 0.3) is 0 Å². The van der Waals surface area contributed by atoms with Crippen LogP contribution < -0.4 is 10.0 Å². The second kappa shape index (κ2) is 8.53. The van der Waals surface area contributed by atoms with E-state index in [2.05, 4.69) is 17.0 Å². The van der Waals surface area contributed by atoms with Crippen molar-refractivity contribution >= 4 is 33.1 Å². The van der Waals surface area contributed by atoms with E-state index in [9.17, 15) is 8.42 Å². The predicted octanol–water partition coefficient (Wildman–Crippen LogP) is 2.81. The summed E-state index contributed by atoms with van der Waals surface area (Å²) in [6, 6.07) is 1.78. The number of hydrogen-bond acceptors (Lipinski definition) is 5. The van der Waals surface area contributed by atoms with Gasteiger partial charge < -0.3 is 5.32 Å². The normalized spacial score (nSPS) is 19.8. The number of hydrogen-bond donors (Lipinski definition) is 2. The summed E-state index contributed by atoms with van der Waals surface area (Å²) in [5, 5.41) is 5.46. The molecule has 1 saturated heterocycles. The van der Waals surface area contributed by atoms with Crippen LogP contribution in [0.15, 0.2) is 16.3 Å². The molecule has 2 N–H and O–H groups in total. The van der Waals surface area contributed by atoms with Crippen molar-refractivity contribution in [2.24, 2.45) is 0 Å². The Bertz CT molecular complexity index is 522. The maximum absolute atomic E-state index is 12.3. The van der Waals surface area contributed by atoms with Gasteiger partial charge in [0.25, 0.3) is 0 Å². The molecule has 0 radical (unpaired) electrons. The van der Waals surface area contributed by atoms with Gasteiger partial charge in [0.15, 0.2) is 0 Å². The standard InChI is InChI=1S/C14H24N2O2S3/c1-2-6-15-9-13-8-14(11-20-13)21(17,18)16-10-12-5-3-4-7-19-12/h8,11-12,15-16H,2-7,9-10H2,1H3. The van der Waals surface area contributed by atoms with Crippen LogP contribution in [0, 0.1) is 0 Å². The van der Waals surface area contributed by atoms with Crippen molar-refractivity contribution in [3.8, 4) is 0 Å². The van der Waals surface area contributed by atoms with E-state index in [1.807, 2.05) is 11.8 Å². The van der Waals surface area contributed by atoms with Gasteiger partial charge in [-0.2, -0.15) is 11.8 Å². The summed E-state index contributed by atoms with van der Waals surface area (Å²) >= 11 is 3.38. The van der Waals surface area contributed by atoms with Crippen LogP contribution in [0.1, 0.15) is 37.5 Å². The molecule has 0 bridgehead atoms. The van der Waals surface area contributed by atoms with E-state index in [-0.39, 0.29) is 0 Å². The van der Waals surface area contributed by atoms with E-state index < -0.39 is 10.0 Å². The molecule has 0 aromatic carbocycles. The topological polar surface area (TPSA) is 58.2 Å². The third kappa shape index (κ3) is 5.56. The quantitative estimate of drug-likeness (QED) is 0.709. The van der Waals surface area contributed by atoms with Crippen molar-refractivity contribution in [1.82, 2.24) is 10.0 Å². The molecule has 21 heavy (non-hydrogen) atoms. The van der Waals surface area contributed by atoms with E-state index in [0.29, 0.717) is 16.7 Å². The van der Waals surface area contributed by atoms with Crippen molar-refractivity contribution < 1.29 is 8.42 Å². The van der Waals surface area contributed by atoms with Crippen molar-refractivity contribution in [2.75, 3.05) is 18.8 Å². The molecule has 7 heteroatoms. The van der Waals surface area contributed by atoms with Gasteiger partial charge in [0, 0.05) is 28.6 Å². The molecule has 120 valence electrons. The van der Waals surface area contributed by atoms with E-state index in [1.54, 1.807) is 11.4 Å². The summed E-state index contributed by atoms with van der Waals surface area (Å²) in [5.74, 6) is 1.15. The smallest absolute Gasteiger partial charge is 0.241 e. The van der Waals surface area contributed by atoms with E-state index in [1.165, 1.54) is 24.2 Å². The Kier molecular flexibility index (Phi) is 7.01. The van der Waals surface area contributed by atoms with Crippen LogP contribution in [0.4, 0.5) is 0 Å². The highest BCUT2D eigenvalue weighted by Gasteiger charge is 2.20. The molecule has 2 rings (SSSR count). The highest BCUT2D eigenvalue weighted by atomic mass is 32.2. The Morgan fingerprint density at radius 2 is 2.24 bits per heavy atom. The third-order valence-corrected chi connectivity index (χ3v) is 7.33. The zero-order chi connectivity index (χ0) is 15.1. The van der Waals surface area contributed by atoms with Gasteiger partial charge in [-0.15, -0.1) is 11.3 Å². The highest BCUT2D eigenvalue weighted by molar-refractivity contribution is 8.00. The molecule has 0 saturated carbocycles. The van der Waals surface area contributed by atoms with Gasteiger partial charge in [-0.3, -0.25) is 0 Å². The van der Waals surface area contributed by atoms with Crippen molar-refractivity contribution in [1.29, 1.82) is 0 Å². The third-order valence-electron chi connectivity index (χ3n) is 3.44. The molecule has 2 heterocycles. The van der Waals surface area contributed by atoms with Crippen LogP contribution in [0.5, 0.6) is 0 Å². The molecule has 1 aliphatic heterocycles. The average molecular weight is 349 g/mol. The van der Waals surface area contributed by atoms with Gasteiger partial charge in [-0.1, -0.05) is 13.3 Å². The first-order chi connectivity index (χ1) is 10.1. The maximum Gasteiger partial charge on any atom is 0.241 e. The Hall–Kier alpha value is -0.0800. The molecule has 0 amide bonds. The maximum atomic E-state index is 12.3. The highest BCUT2D eigenvalue weighted by Crippen LogP contribution is 2.25. The van der Waals surface area contributed by atoms with Crippen molar-refractivity contribution in [2.45, 2.75) is 49.3 Å². The second-order valence-electron chi connectivity index (χ2n) is 5.27. The molecule has 1 fully saturated rings. The van der Waals surface area contributed by atoms with E-state index in [0.717, 1.165) is 36.6 Å². The van der Waals surface area contributed by atoms with Crippen LogP contribution in [0.3, 0.4) is 0 Å². The summed E-state index contributed by atoms with van der Waals surface area (Å²) in [6.07, 6.45) is 4.66. The number of thioether (sulfide) groups is 1. The molecule has 1 aromatic rings. The van der Waals surface area contributed by atoms with Gasteiger partial charge in [0.05, 0.1) is 4.90 Å². The Labute approximate surface area is 136 Å². The van der Waals surface area contributed by atoms with Gasteiger partial charge in [-0.05, 0) is 37.6 Å².